The molecule has 0 saturated carbocycles. The Morgan fingerprint density at radius 3 is 3.08 bits per heavy atom. The van der Waals surface area contributed by atoms with Crippen LogP contribution in [0.25, 0.3) is 0 Å². The van der Waals surface area contributed by atoms with E-state index in [9.17, 15) is 4.79 Å². The van der Waals surface area contributed by atoms with Gasteiger partial charge in [0.05, 0.1) is 10.9 Å². The van der Waals surface area contributed by atoms with Gasteiger partial charge in [0, 0.05) is 9.85 Å². The standard InChI is InChI=1S/C17H18BrN3O2S/c18-12-8-15(24-10-12)17(19)21-23-9-16(22)20-14-7-3-5-11-4-1-2-6-13(11)14/h1-2,4,6,8,10,14H,3,5,7,9H2,(H2,19,21)(H,20,22)/t14-/m1/s1. The summed E-state index contributed by atoms with van der Waals surface area (Å²) in [5, 5.41) is 8.73. The first-order valence-electron chi connectivity index (χ1n) is 7.70. The van der Waals surface area contributed by atoms with Crippen molar-refractivity contribution in [3.05, 3.63) is 56.2 Å². The molecule has 1 heterocycles. The molecule has 24 heavy (non-hydrogen) atoms. The van der Waals surface area contributed by atoms with Crippen molar-refractivity contribution in [3.63, 3.8) is 0 Å². The lowest BCUT2D eigenvalue weighted by atomic mass is 9.88. The number of aryl methyl sites for hydroxylation is 1. The van der Waals surface area contributed by atoms with Gasteiger partial charge in [-0.15, -0.1) is 11.3 Å². The predicted molar refractivity (Wildman–Crippen MR) is 99.0 cm³/mol. The fraction of sp³-hybridized carbons (Fsp3) is 0.294. The van der Waals surface area contributed by atoms with Crippen LogP contribution in [0.5, 0.6) is 0 Å². The summed E-state index contributed by atoms with van der Waals surface area (Å²) in [5.74, 6) is 0.0714. The largest absolute Gasteiger partial charge is 0.384 e. The highest BCUT2D eigenvalue weighted by molar-refractivity contribution is 9.10. The van der Waals surface area contributed by atoms with E-state index in [0.717, 1.165) is 28.6 Å². The molecule has 1 atom stereocenters. The van der Waals surface area contributed by atoms with Crippen LogP contribution in [0.3, 0.4) is 0 Å². The Bertz CT molecular complexity index is 760. The molecule has 126 valence electrons. The van der Waals surface area contributed by atoms with E-state index in [2.05, 4.69) is 38.5 Å². The second kappa shape index (κ2) is 7.81. The Balaban J connectivity index is 1.53. The minimum Gasteiger partial charge on any atom is -0.384 e. The van der Waals surface area contributed by atoms with E-state index in [1.165, 1.54) is 22.5 Å². The van der Waals surface area contributed by atoms with Crippen LogP contribution in [0.2, 0.25) is 0 Å². The van der Waals surface area contributed by atoms with Gasteiger partial charge >= 0.3 is 0 Å². The number of benzene rings is 1. The first-order chi connectivity index (χ1) is 11.6. The average molecular weight is 408 g/mol. The summed E-state index contributed by atoms with van der Waals surface area (Å²) in [7, 11) is 0. The van der Waals surface area contributed by atoms with Crippen LogP contribution in [-0.4, -0.2) is 18.3 Å². The maximum atomic E-state index is 12.1. The van der Waals surface area contributed by atoms with Crippen molar-refractivity contribution < 1.29 is 9.63 Å². The SMILES string of the molecule is N/C(=N\OCC(=O)N[C@@H]1CCCc2ccccc21)c1cc(Br)cs1. The molecule has 0 fully saturated rings. The fourth-order valence-electron chi connectivity index (χ4n) is 2.79. The van der Waals surface area contributed by atoms with Gasteiger partial charge in [0.1, 0.15) is 0 Å². The minimum absolute atomic E-state index is 0.0422. The second-order valence-electron chi connectivity index (χ2n) is 5.59. The first kappa shape index (κ1) is 17.0. The highest BCUT2D eigenvalue weighted by atomic mass is 79.9. The summed E-state index contributed by atoms with van der Waals surface area (Å²) in [5.41, 5.74) is 8.33. The summed E-state index contributed by atoms with van der Waals surface area (Å²) < 4.78 is 0.939. The van der Waals surface area contributed by atoms with Crippen molar-refractivity contribution in [2.24, 2.45) is 10.9 Å². The van der Waals surface area contributed by atoms with Gasteiger partial charge in [-0.1, -0.05) is 29.4 Å². The number of nitrogens with two attached hydrogens (primary N) is 1. The molecule has 0 bridgehead atoms. The van der Waals surface area contributed by atoms with Gasteiger partial charge in [-0.05, 0) is 52.4 Å². The van der Waals surface area contributed by atoms with Crippen LogP contribution < -0.4 is 11.1 Å². The monoisotopic (exact) mass is 407 g/mol. The fourth-order valence-corrected chi connectivity index (χ4v) is 4.11. The van der Waals surface area contributed by atoms with E-state index in [0.29, 0.717) is 0 Å². The number of carbonyl (C=O) groups excluding carboxylic acids is 1. The van der Waals surface area contributed by atoms with Gasteiger partial charge in [0.25, 0.3) is 5.91 Å². The molecule has 1 aromatic heterocycles. The number of hydrogen-bond donors (Lipinski definition) is 2. The van der Waals surface area contributed by atoms with Crippen LogP contribution in [0, 0.1) is 0 Å². The molecule has 3 rings (SSSR count). The maximum Gasteiger partial charge on any atom is 0.261 e. The lowest BCUT2D eigenvalue weighted by Crippen LogP contribution is -2.33. The van der Waals surface area contributed by atoms with Crippen LogP contribution >= 0.6 is 27.3 Å². The highest BCUT2D eigenvalue weighted by Crippen LogP contribution is 2.29. The van der Waals surface area contributed by atoms with E-state index in [-0.39, 0.29) is 24.4 Å². The molecule has 0 saturated heterocycles. The number of nitrogens with zero attached hydrogens (tertiary/aromatic N) is 1. The van der Waals surface area contributed by atoms with Gasteiger partial charge in [-0.3, -0.25) is 4.79 Å². The van der Waals surface area contributed by atoms with Gasteiger partial charge in [-0.2, -0.15) is 0 Å². The topological polar surface area (TPSA) is 76.7 Å². The molecular weight excluding hydrogens is 390 g/mol. The molecule has 0 unspecified atom stereocenters. The molecule has 0 aliphatic heterocycles. The number of carbonyl (C=O) groups is 1. The van der Waals surface area contributed by atoms with Gasteiger partial charge in [-0.25, -0.2) is 0 Å². The summed E-state index contributed by atoms with van der Waals surface area (Å²) in [4.78, 5) is 18.0. The normalized spacial score (nSPS) is 17.2. The second-order valence-corrected chi connectivity index (χ2v) is 7.42. The molecular formula is C17H18BrN3O2S. The van der Waals surface area contributed by atoms with Crippen LogP contribution in [0.15, 0.2) is 45.3 Å². The number of amides is 1. The number of amidine groups is 1. The number of thiophene rings is 1. The molecule has 1 aliphatic rings. The third-order valence-corrected chi connectivity index (χ3v) is 5.60. The smallest absolute Gasteiger partial charge is 0.261 e. The number of nitrogens with one attached hydrogen (secondary N) is 1. The van der Waals surface area contributed by atoms with Crippen LogP contribution in [-0.2, 0) is 16.1 Å². The lowest BCUT2D eigenvalue weighted by molar-refractivity contribution is -0.126. The van der Waals surface area contributed by atoms with Crippen LogP contribution in [0.1, 0.15) is 34.9 Å². The quantitative estimate of drug-likeness (QED) is 0.453. The molecule has 1 amide bonds. The third kappa shape index (κ3) is 4.15. The van der Waals surface area contributed by atoms with E-state index in [1.807, 2.05) is 23.6 Å². The number of fused-ring (bicyclic) bond motifs is 1. The zero-order valence-corrected chi connectivity index (χ0v) is 15.4. The van der Waals surface area contributed by atoms with E-state index in [1.54, 1.807) is 0 Å². The summed E-state index contributed by atoms with van der Waals surface area (Å²) >= 11 is 4.81. The van der Waals surface area contributed by atoms with Crippen molar-refractivity contribution in [1.82, 2.24) is 5.32 Å². The number of rotatable bonds is 5. The molecule has 5 nitrogen and oxygen atoms in total. The Morgan fingerprint density at radius 1 is 1.46 bits per heavy atom. The zero-order chi connectivity index (χ0) is 16.9. The first-order valence-corrected chi connectivity index (χ1v) is 9.38. The van der Waals surface area contributed by atoms with Gasteiger partial charge in [0.15, 0.2) is 12.4 Å². The third-order valence-electron chi connectivity index (χ3n) is 3.88. The van der Waals surface area contributed by atoms with E-state index in [4.69, 9.17) is 10.6 Å². The maximum absolute atomic E-state index is 12.1. The summed E-state index contributed by atoms with van der Waals surface area (Å²) in [6.45, 7) is -0.147. The van der Waals surface area contributed by atoms with E-state index < -0.39 is 0 Å². The Labute approximate surface area is 153 Å². The molecule has 1 aromatic carbocycles. The summed E-state index contributed by atoms with van der Waals surface area (Å²) in [6, 6.07) is 10.1. The van der Waals surface area contributed by atoms with Gasteiger partial charge < -0.3 is 15.9 Å². The molecule has 0 spiro atoms. The van der Waals surface area contributed by atoms with Crippen LogP contribution in [0.4, 0.5) is 0 Å². The number of oxime groups is 1. The average Bonchev–Trinajstić information content (AvgIpc) is 3.02. The Kier molecular flexibility index (Phi) is 5.52. The minimum atomic E-state index is -0.194. The lowest BCUT2D eigenvalue weighted by Gasteiger charge is -2.26. The zero-order valence-electron chi connectivity index (χ0n) is 13.0. The molecule has 2 aromatic rings. The van der Waals surface area contributed by atoms with Crippen molar-refractivity contribution >= 4 is 39.0 Å². The highest BCUT2D eigenvalue weighted by Gasteiger charge is 2.21. The van der Waals surface area contributed by atoms with Gasteiger partial charge in [0.2, 0.25) is 0 Å². The molecule has 3 N–H and O–H groups in total. The molecule has 0 radical (unpaired) electrons. The number of hydrogen-bond acceptors (Lipinski definition) is 4. The Hall–Kier alpha value is -1.86. The summed E-state index contributed by atoms with van der Waals surface area (Å²) in [6.07, 6.45) is 3.08. The van der Waals surface area contributed by atoms with Crippen molar-refractivity contribution in [2.75, 3.05) is 6.61 Å². The van der Waals surface area contributed by atoms with Crippen molar-refractivity contribution in [2.45, 2.75) is 25.3 Å². The Morgan fingerprint density at radius 2 is 2.29 bits per heavy atom. The van der Waals surface area contributed by atoms with Crippen molar-refractivity contribution in [1.29, 1.82) is 0 Å². The molecule has 7 heteroatoms. The molecule has 1 aliphatic carbocycles. The number of halogens is 1. The predicted octanol–water partition coefficient (Wildman–Crippen LogP) is 3.34. The van der Waals surface area contributed by atoms with Crippen molar-refractivity contribution in [3.8, 4) is 0 Å². The van der Waals surface area contributed by atoms with E-state index >= 15 is 0 Å².